The second-order valence-corrected chi connectivity index (χ2v) is 9.83. The third kappa shape index (κ3) is 7.09. The molecule has 4 amide bonds. The third-order valence-corrected chi connectivity index (χ3v) is 7.18. The van der Waals surface area contributed by atoms with Crippen molar-refractivity contribution in [2.45, 2.75) is 88.9 Å². The minimum atomic E-state index is -1.02. The first-order valence-corrected chi connectivity index (χ1v) is 13.3. The molecule has 192 valence electrons. The van der Waals surface area contributed by atoms with Crippen molar-refractivity contribution >= 4 is 18.0 Å². The lowest BCUT2D eigenvalue weighted by atomic mass is 9.93. The van der Waals surface area contributed by atoms with Crippen LogP contribution in [0.4, 0.5) is 9.59 Å². The lowest BCUT2D eigenvalue weighted by Crippen LogP contribution is -2.56. The standard InChI is InChI=1S/C29H37N3O4/c33-27(32(25-19-11-4-12-20-25)28(34)30-24-17-9-3-10-18-24)26(23-15-7-2-8-16-23)31-29(35)36-21-22-13-5-1-6-14-22/h1-2,5-8,13-16,24-26H,3-4,9-12,17-21H2,(H,30,34)(H,31,35). The Bertz CT molecular complexity index is 986. The minimum Gasteiger partial charge on any atom is -0.445 e. The number of carbonyl (C=O) groups excluding carboxylic acids is 3. The van der Waals surface area contributed by atoms with E-state index >= 15 is 0 Å². The van der Waals surface area contributed by atoms with Crippen molar-refractivity contribution in [2.24, 2.45) is 0 Å². The van der Waals surface area contributed by atoms with Gasteiger partial charge in [-0.2, -0.15) is 0 Å². The number of hydrogen-bond donors (Lipinski definition) is 2. The molecule has 2 aromatic rings. The Morgan fingerprint density at radius 1 is 0.806 bits per heavy atom. The number of alkyl carbamates (subject to hydrolysis) is 1. The van der Waals surface area contributed by atoms with Crippen molar-refractivity contribution in [3.63, 3.8) is 0 Å². The van der Waals surface area contributed by atoms with Gasteiger partial charge in [-0.25, -0.2) is 9.59 Å². The van der Waals surface area contributed by atoms with Crippen molar-refractivity contribution in [2.75, 3.05) is 0 Å². The summed E-state index contributed by atoms with van der Waals surface area (Å²) in [6, 6.07) is 17.0. The molecule has 2 aromatic carbocycles. The van der Waals surface area contributed by atoms with Gasteiger partial charge in [0.05, 0.1) is 0 Å². The summed E-state index contributed by atoms with van der Waals surface area (Å²) in [5.74, 6) is -0.418. The fraction of sp³-hybridized carbons (Fsp3) is 0.483. The van der Waals surface area contributed by atoms with Gasteiger partial charge in [0.25, 0.3) is 5.91 Å². The number of nitrogens with one attached hydrogen (secondary N) is 2. The summed E-state index contributed by atoms with van der Waals surface area (Å²) in [7, 11) is 0. The fourth-order valence-electron chi connectivity index (χ4n) is 5.23. The zero-order valence-corrected chi connectivity index (χ0v) is 20.9. The Balaban J connectivity index is 1.53. The van der Waals surface area contributed by atoms with Gasteiger partial charge in [0, 0.05) is 12.1 Å². The molecular weight excluding hydrogens is 454 g/mol. The number of ether oxygens (including phenoxy) is 1. The molecule has 0 radical (unpaired) electrons. The summed E-state index contributed by atoms with van der Waals surface area (Å²) in [5.41, 5.74) is 1.47. The van der Waals surface area contributed by atoms with Crippen LogP contribution < -0.4 is 10.6 Å². The van der Waals surface area contributed by atoms with Crippen molar-refractivity contribution < 1.29 is 19.1 Å². The van der Waals surface area contributed by atoms with Gasteiger partial charge < -0.3 is 15.4 Å². The van der Waals surface area contributed by atoms with Crippen LogP contribution in [-0.4, -0.2) is 35.0 Å². The Morgan fingerprint density at radius 3 is 2.03 bits per heavy atom. The SMILES string of the molecule is O=C(NC(C(=O)N(C(=O)NC1CCCCC1)C1CCCCC1)c1ccccc1)OCc1ccccc1. The topological polar surface area (TPSA) is 87.7 Å². The van der Waals surface area contributed by atoms with Crippen LogP contribution in [-0.2, 0) is 16.1 Å². The Hall–Kier alpha value is -3.35. The van der Waals surface area contributed by atoms with Gasteiger partial charge in [0.1, 0.15) is 12.6 Å². The van der Waals surface area contributed by atoms with E-state index in [4.69, 9.17) is 4.74 Å². The van der Waals surface area contributed by atoms with Crippen LogP contribution in [0.2, 0.25) is 0 Å². The molecule has 1 unspecified atom stereocenters. The van der Waals surface area contributed by atoms with Crippen molar-refractivity contribution in [3.05, 3.63) is 71.8 Å². The molecule has 0 heterocycles. The van der Waals surface area contributed by atoms with E-state index in [9.17, 15) is 14.4 Å². The van der Waals surface area contributed by atoms with Crippen molar-refractivity contribution in [1.29, 1.82) is 0 Å². The highest BCUT2D eigenvalue weighted by molar-refractivity contribution is 5.99. The molecule has 2 N–H and O–H groups in total. The van der Waals surface area contributed by atoms with Crippen molar-refractivity contribution in [1.82, 2.24) is 15.5 Å². The van der Waals surface area contributed by atoms with E-state index in [0.29, 0.717) is 5.56 Å². The van der Waals surface area contributed by atoms with Crippen LogP contribution in [0.1, 0.15) is 81.4 Å². The van der Waals surface area contributed by atoms with E-state index in [0.717, 1.165) is 63.4 Å². The van der Waals surface area contributed by atoms with E-state index in [1.807, 2.05) is 48.5 Å². The number of carbonyl (C=O) groups is 3. The number of urea groups is 1. The summed E-state index contributed by atoms with van der Waals surface area (Å²) < 4.78 is 5.42. The first-order valence-electron chi connectivity index (χ1n) is 13.3. The average molecular weight is 492 g/mol. The van der Waals surface area contributed by atoms with Gasteiger partial charge in [-0.05, 0) is 36.8 Å². The van der Waals surface area contributed by atoms with Gasteiger partial charge in [0.15, 0.2) is 0 Å². The number of benzene rings is 2. The fourth-order valence-corrected chi connectivity index (χ4v) is 5.23. The zero-order chi connectivity index (χ0) is 25.2. The van der Waals surface area contributed by atoms with Crippen molar-refractivity contribution in [3.8, 4) is 0 Å². The highest BCUT2D eigenvalue weighted by Crippen LogP contribution is 2.27. The Labute approximate surface area is 213 Å². The van der Waals surface area contributed by atoms with Crippen LogP contribution in [0, 0.1) is 0 Å². The Kier molecular flexibility index (Phi) is 9.36. The number of amides is 4. The summed E-state index contributed by atoms with van der Waals surface area (Å²) >= 11 is 0. The van der Waals surface area contributed by atoms with Crippen LogP contribution in [0.5, 0.6) is 0 Å². The molecule has 0 spiro atoms. The normalized spacial score (nSPS) is 17.6. The molecule has 1 atom stereocenters. The molecule has 2 aliphatic carbocycles. The molecule has 0 aromatic heterocycles. The maximum atomic E-state index is 14.0. The van der Waals surface area contributed by atoms with E-state index < -0.39 is 18.0 Å². The molecule has 7 heteroatoms. The van der Waals surface area contributed by atoms with E-state index in [1.165, 1.54) is 11.3 Å². The monoisotopic (exact) mass is 491 g/mol. The lowest BCUT2D eigenvalue weighted by molar-refractivity contribution is -0.133. The summed E-state index contributed by atoms with van der Waals surface area (Å²) in [4.78, 5) is 41.7. The predicted octanol–water partition coefficient (Wildman–Crippen LogP) is 5.86. The highest BCUT2D eigenvalue weighted by Gasteiger charge is 2.37. The number of rotatable bonds is 7. The molecule has 7 nitrogen and oxygen atoms in total. The minimum absolute atomic E-state index is 0.0871. The molecular formula is C29H37N3O4. The molecule has 0 bridgehead atoms. The Morgan fingerprint density at radius 2 is 1.39 bits per heavy atom. The zero-order valence-electron chi connectivity index (χ0n) is 20.9. The first-order chi connectivity index (χ1) is 17.6. The van der Waals surface area contributed by atoms with E-state index in [2.05, 4.69) is 10.6 Å². The summed E-state index contributed by atoms with van der Waals surface area (Å²) in [6.45, 7) is 0.0941. The third-order valence-electron chi connectivity index (χ3n) is 7.18. The molecule has 2 aliphatic rings. The lowest BCUT2D eigenvalue weighted by Gasteiger charge is -2.36. The molecule has 2 fully saturated rings. The largest absolute Gasteiger partial charge is 0.445 e. The molecule has 0 aliphatic heterocycles. The number of hydrogen-bond acceptors (Lipinski definition) is 4. The van der Waals surface area contributed by atoms with E-state index in [1.54, 1.807) is 12.1 Å². The van der Waals surface area contributed by atoms with Gasteiger partial charge in [-0.1, -0.05) is 99.2 Å². The van der Waals surface area contributed by atoms with Gasteiger partial charge in [0.2, 0.25) is 0 Å². The second kappa shape index (κ2) is 13.1. The number of imide groups is 1. The summed E-state index contributed by atoms with van der Waals surface area (Å²) in [5, 5.41) is 5.87. The van der Waals surface area contributed by atoms with Crippen LogP contribution in [0.3, 0.4) is 0 Å². The highest BCUT2D eigenvalue weighted by atomic mass is 16.5. The molecule has 4 rings (SSSR count). The predicted molar refractivity (Wildman–Crippen MR) is 138 cm³/mol. The average Bonchev–Trinajstić information content (AvgIpc) is 2.93. The molecule has 2 saturated carbocycles. The second-order valence-electron chi connectivity index (χ2n) is 9.83. The molecule has 0 saturated heterocycles. The first kappa shape index (κ1) is 25.7. The number of nitrogens with zero attached hydrogens (tertiary/aromatic N) is 1. The van der Waals surface area contributed by atoms with Crippen LogP contribution in [0.25, 0.3) is 0 Å². The van der Waals surface area contributed by atoms with Gasteiger partial charge in [-0.3, -0.25) is 9.69 Å². The maximum Gasteiger partial charge on any atom is 0.408 e. The maximum absolute atomic E-state index is 14.0. The van der Waals surface area contributed by atoms with E-state index in [-0.39, 0.29) is 24.7 Å². The van der Waals surface area contributed by atoms with Gasteiger partial charge in [-0.15, -0.1) is 0 Å². The van der Waals surface area contributed by atoms with Gasteiger partial charge >= 0.3 is 12.1 Å². The van der Waals surface area contributed by atoms with Crippen LogP contribution in [0.15, 0.2) is 60.7 Å². The van der Waals surface area contributed by atoms with Crippen LogP contribution >= 0.6 is 0 Å². The smallest absolute Gasteiger partial charge is 0.408 e. The summed E-state index contributed by atoms with van der Waals surface area (Å²) in [6.07, 6.45) is 9.16. The quantitative estimate of drug-likeness (QED) is 0.508. The molecule has 36 heavy (non-hydrogen) atoms.